The highest BCUT2D eigenvalue weighted by atomic mass is 32.2. The number of nitrogens with one attached hydrogen (secondary N) is 2. The predicted molar refractivity (Wildman–Crippen MR) is 94.3 cm³/mol. The van der Waals surface area contributed by atoms with Gasteiger partial charge in [-0.25, -0.2) is 9.78 Å². The van der Waals surface area contributed by atoms with Crippen LogP contribution in [-0.4, -0.2) is 27.5 Å². The highest BCUT2D eigenvalue weighted by Crippen LogP contribution is 2.40. The summed E-state index contributed by atoms with van der Waals surface area (Å²) in [5, 5.41) is 8.07. The molecule has 1 aromatic carbocycles. The molecule has 2 aromatic rings. The molecule has 0 unspecified atom stereocenters. The molecule has 122 valence electrons. The SMILES string of the molecule is O=C(NCC[S@](=O)Cc1ccccc1)Nc1nc(C2CC2)cs1. The molecule has 1 aliphatic rings. The molecule has 0 saturated heterocycles. The van der Waals surface area contributed by atoms with Gasteiger partial charge in [0.25, 0.3) is 0 Å². The maximum atomic E-state index is 12.0. The molecule has 2 N–H and O–H groups in total. The fourth-order valence-electron chi connectivity index (χ4n) is 2.16. The molecule has 1 aliphatic carbocycles. The molecule has 0 radical (unpaired) electrons. The van der Waals surface area contributed by atoms with Crippen LogP contribution in [0.1, 0.15) is 30.0 Å². The Morgan fingerprint density at radius 3 is 2.83 bits per heavy atom. The number of amides is 2. The second kappa shape index (κ2) is 7.70. The average Bonchev–Trinajstić information content (AvgIpc) is 3.29. The summed E-state index contributed by atoms with van der Waals surface area (Å²) in [7, 11) is -0.983. The van der Waals surface area contributed by atoms with Crippen LogP contribution in [0.15, 0.2) is 35.7 Å². The molecular weight excluding hydrogens is 330 g/mol. The largest absolute Gasteiger partial charge is 0.337 e. The number of urea groups is 1. The van der Waals surface area contributed by atoms with E-state index in [1.54, 1.807) is 0 Å². The van der Waals surface area contributed by atoms with Gasteiger partial charge in [0.2, 0.25) is 0 Å². The third-order valence-electron chi connectivity index (χ3n) is 3.52. The summed E-state index contributed by atoms with van der Waals surface area (Å²) in [5.41, 5.74) is 2.12. The number of anilines is 1. The van der Waals surface area contributed by atoms with Gasteiger partial charge in [-0.05, 0) is 18.4 Å². The van der Waals surface area contributed by atoms with Crippen LogP contribution in [0.2, 0.25) is 0 Å². The van der Waals surface area contributed by atoms with Gasteiger partial charge in [0.05, 0.1) is 5.69 Å². The number of rotatable bonds is 7. The van der Waals surface area contributed by atoms with Gasteiger partial charge in [0.1, 0.15) is 0 Å². The van der Waals surface area contributed by atoms with Crippen molar-refractivity contribution in [3.8, 4) is 0 Å². The predicted octanol–water partition coefficient (Wildman–Crippen LogP) is 3.09. The van der Waals surface area contributed by atoms with E-state index < -0.39 is 10.8 Å². The number of hydrogen-bond donors (Lipinski definition) is 2. The van der Waals surface area contributed by atoms with Crippen LogP contribution in [-0.2, 0) is 16.6 Å². The lowest BCUT2D eigenvalue weighted by molar-refractivity contribution is 0.252. The number of benzene rings is 1. The second-order valence-electron chi connectivity index (χ2n) is 5.51. The maximum Gasteiger partial charge on any atom is 0.321 e. The molecule has 1 fully saturated rings. The number of hydrogen-bond acceptors (Lipinski definition) is 4. The van der Waals surface area contributed by atoms with Crippen LogP contribution in [0, 0.1) is 0 Å². The highest BCUT2D eigenvalue weighted by Gasteiger charge is 2.26. The van der Waals surface area contributed by atoms with Crippen molar-refractivity contribution in [2.24, 2.45) is 0 Å². The normalized spacial score (nSPS) is 15.1. The van der Waals surface area contributed by atoms with Gasteiger partial charge >= 0.3 is 6.03 Å². The molecule has 1 aromatic heterocycles. The van der Waals surface area contributed by atoms with Crippen LogP contribution in [0.3, 0.4) is 0 Å². The quantitative estimate of drug-likeness (QED) is 0.807. The Bertz CT molecular complexity index is 684. The van der Waals surface area contributed by atoms with E-state index in [1.807, 2.05) is 35.7 Å². The van der Waals surface area contributed by atoms with E-state index in [0.29, 0.717) is 29.1 Å². The maximum absolute atomic E-state index is 12.0. The number of aromatic nitrogens is 1. The number of nitrogens with zero attached hydrogens (tertiary/aromatic N) is 1. The van der Waals surface area contributed by atoms with Crippen molar-refractivity contribution in [3.05, 3.63) is 47.0 Å². The molecular formula is C16H19N3O2S2. The van der Waals surface area contributed by atoms with Crippen molar-refractivity contribution in [2.45, 2.75) is 24.5 Å². The lowest BCUT2D eigenvalue weighted by Gasteiger charge is -2.06. The number of carbonyl (C=O) groups is 1. The zero-order chi connectivity index (χ0) is 16.1. The summed E-state index contributed by atoms with van der Waals surface area (Å²) in [6.45, 7) is 0.381. The molecule has 7 heteroatoms. The minimum absolute atomic E-state index is 0.293. The van der Waals surface area contributed by atoms with Gasteiger partial charge in [-0.2, -0.15) is 0 Å². The number of thiazole rings is 1. The zero-order valence-corrected chi connectivity index (χ0v) is 14.3. The van der Waals surface area contributed by atoms with Crippen LogP contribution >= 0.6 is 11.3 Å². The van der Waals surface area contributed by atoms with Crippen molar-refractivity contribution in [2.75, 3.05) is 17.6 Å². The summed E-state index contributed by atoms with van der Waals surface area (Å²) in [6, 6.07) is 9.42. The van der Waals surface area contributed by atoms with Gasteiger partial charge in [0, 0.05) is 40.1 Å². The smallest absolute Gasteiger partial charge is 0.321 e. The first-order chi connectivity index (χ1) is 11.2. The summed E-state index contributed by atoms with van der Waals surface area (Å²) in [4.78, 5) is 16.2. The van der Waals surface area contributed by atoms with Gasteiger partial charge in [0.15, 0.2) is 5.13 Å². The van der Waals surface area contributed by atoms with Crippen molar-refractivity contribution in [1.82, 2.24) is 10.3 Å². The van der Waals surface area contributed by atoms with E-state index >= 15 is 0 Å². The Morgan fingerprint density at radius 1 is 1.30 bits per heavy atom. The molecule has 0 aliphatic heterocycles. The summed E-state index contributed by atoms with van der Waals surface area (Å²) in [6.07, 6.45) is 2.39. The second-order valence-corrected chi connectivity index (χ2v) is 7.94. The van der Waals surface area contributed by atoms with Crippen molar-refractivity contribution >= 4 is 33.3 Å². The van der Waals surface area contributed by atoms with Gasteiger partial charge < -0.3 is 5.32 Å². The Kier molecular flexibility index (Phi) is 5.40. The van der Waals surface area contributed by atoms with E-state index in [1.165, 1.54) is 24.2 Å². The van der Waals surface area contributed by atoms with Crippen molar-refractivity contribution in [1.29, 1.82) is 0 Å². The van der Waals surface area contributed by atoms with E-state index in [9.17, 15) is 9.00 Å². The molecule has 0 bridgehead atoms. The molecule has 1 atom stereocenters. The summed E-state index contributed by atoms with van der Waals surface area (Å²) < 4.78 is 12.0. The van der Waals surface area contributed by atoms with Gasteiger partial charge in [-0.1, -0.05) is 30.3 Å². The van der Waals surface area contributed by atoms with E-state index in [2.05, 4.69) is 15.6 Å². The molecule has 3 rings (SSSR count). The highest BCUT2D eigenvalue weighted by molar-refractivity contribution is 7.84. The summed E-state index contributed by atoms with van der Waals surface area (Å²) in [5.74, 6) is 1.54. The molecule has 1 saturated carbocycles. The Balaban J connectivity index is 1.36. The minimum atomic E-state index is -0.983. The van der Waals surface area contributed by atoms with E-state index in [4.69, 9.17) is 0 Å². The van der Waals surface area contributed by atoms with E-state index in [-0.39, 0.29) is 6.03 Å². The Morgan fingerprint density at radius 2 is 2.09 bits per heavy atom. The summed E-state index contributed by atoms with van der Waals surface area (Å²) >= 11 is 1.44. The van der Waals surface area contributed by atoms with Crippen LogP contribution in [0.25, 0.3) is 0 Å². The topological polar surface area (TPSA) is 71.1 Å². The zero-order valence-electron chi connectivity index (χ0n) is 12.7. The van der Waals surface area contributed by atoms with Crippen molar-refractivity contribution in [3.63, 3.8) is 0 Å². The fraction of sp³-hybridized carbons (Fsp3) is 0.375. The Labute approximate surface area is 142 Å². The minimum Gasteiger partial charge on any atom is -0.337 e. The number of carbonyl (C=O) groups excluding carboxylic acids is 1. The van der Waals surface area contributed by atoms with Crippen LogP contribution < -0.4 is 10.6 Å². The first-order valence-electron chi connectivity index (χ1n) is 7.60. The third kappa shape index (κ3) is 5.14. The fourth-order valence-corrected chi connectivity index (χ4v) is 3.99. The van der Waals surface area contributed by atoms with Crippen LogP contribution in [0.5, 0.6) is 0 Å². The van der Waals surface area contributed by atoms with Crippen LogP contribution in [0.4, 0.5) is 9.93 Å². The van der Waals surface area contributed by atoms with E-state index in [0.717, 1.165) is 11.3 Å². The molecule has 0 spiro atoms. The lowest BCUT2D eigenvalue weighted by Crippen LogP contribution is -2.32. The molecule has 5 nitrogen and oxygen atoms in total. The molecule has 1 heterocycles. The molecule has 23 heavy (non-hydrogen) atoms. The Hall–Kier alpha value is -1.73. The third-order valence-corrected chi connectivity index (χ3v) is 5.61. The van der Waals surface area contributed by atoms with Gasteiger partial charge in [-0.15, -0.1) is 11.3 Å². The first kappa shape index (κ1) is 16.1. The monoisotopic (exact) mass is 349 g/mol. The average molecular weight is 349 g/mol. The van der Waals surface area contributed by atoms with Crippen molar-refractivity contribution < 1.29 is 9.00 Å². The standard InChI is InChI=1S/C16H19N3O2S2/c20-15(19-16-18-14(10-22-16)13-6-7-13)17-8-9-23(21)11-12-4-2-1-3-5-12/h1-5,10,13H,6-9,11H2,(H2,17,18,19,20)/t23-/m0/s1. The first-order valence-corrected chi connectivity index (χ1v) is 9.96. The lowest BCUT2D eigenvalue weighted by atomic mass is 10.2. The molecule has 2 amide bonds. The van der Waals surface area contributed by atoms with Gasteiger partial charge in [-0.3, -0.25) is 9.53 Å².